The first kappa shape index (κ1) is 15.3. The molecule has 2 N–H and O–H groups in total. The van der Waals surface area contributed by atoms with E-state index >= 15 is 0 Å². The Kier molecular flexibility index (Phi) is 5.06. The molecular formula is C16H21ClO3. The van der Waals surface area contributed by atoms with Crippen molar-refractivity contribution in [2.24, 2.45) is 5.92 Å². The Bertz CT molecular complexity index is 449. The highest BCUT2D eigenvalue weighted by Gasteiger charge is 2.34. The average molecular weight is 297 g/mol. The monoisotopic (exact) mass is 296 g/mol. The largest absolute Gasteiger partial charge is 0.481 e. The average Bonchev–Trinajstić information content (AvgIpc) is 2.41. The van der Waals surface area contributed by atoms with Crippen LogP contribution in [0.2, 0.25) is 5.02 Å². The molecule has 0 heterocycles. The van der Waals surface area contributed by atoms with E-state index in [1.807, 2.05) is 12.1 Å². The van der Waals surface area contributed by atoms with E-state index in [4.69, 9.17) is 11.6 Å². The first-order chi connectivity index (χ1) is 9.48. The molecule has 1 aliphatic carbocycles. The third-order valence-electron chi connectivity index (χ3n) is 4.16. The van der Waals surface area contributed by atoms with Crippen LogP contribution < -0.4 is 0 Å². The second kappa shape index (κ2) is 6.59. The number of halogens is 1. The van der Waals surface area contributed by atoms with Crippen LogP contribution in [0.25, 0.3) is 0 Å². The molecule has 2 rings (SSSR count). The third-order valence-corrected chi connectivity index (χ3v) is 4.41. The SMILES string of the molecule is O=C(O)C(Cc1ccc(Cl)cc1)CC1(O)CCCCC1. The predicted molar refractivity (Wildman–Crippen MR) is 78.9 cm³/mol. The topological polar surface area (TPSA) is 57.5 Å². The molecule has 3 nitrogen and oxygen atoms in total. The van der Waals surface area contributed by atoms with E-state index in [9.17, 15) is 15.0 Å². The lowest BCUT2D eigenvalue weighted by molar-refractivity contribution is -0.145. The second-order valence-corrected chi connectivity index (χ2v) is 6.29. The molecule has 20 heavy (non-hydrogen) atoms. The Labute approximate surface area is 124 Å². The summed E-state index contributed by atoms with van der Waals surface area (Å²) in [6, 6.07) is 7.24. The van der Waals surface area contributed by atoms with Crippen molar-refractivity contribution in [2.45, 2.75) is 50.5 Å². The molecule has 1 unspecified atom stereocenters. The molecule has 0 bridgehead atoms. The standard InChI is InChI=1S/C16H21ClO3/c17-14-6-4-12(5-7-14)10-13(15(18)19)11-16(20)8-2-1-3-9-16/h4-7,13,20H,1-3,8-11H2,(H,18,19). The molecule has 0 radical (unpaired) electrons. The minimum atomic E-state index is -0.834. The van der Waals surface area contributed by atoms with Gasteiger partial charge in [0.25, 0.3) is 0 Å². The summed E-state index contributed by atoms with van der Waals surface area (Å²) in [6.45, 7) is 0. The first-order valence-electron chi connectivity index (χ1n) is 7.18. The van der Waals surface area contributed by atoms with Gasteiger partial charge in [0.2, 0.25) is 0 Å². The first-order valence-corrected chi connectivity index (χ1v) is 7.56. The van der Waals surface area contributed by atoms with Crippen molar-refractivity contribution in [1.29, 1.82) is 0 Å². The fourth-order valence-corrected chi connectivity index (χ4v) is 3.15. The molecule has 4 heteroatoms. The van der Waals surface area contributed by atoms with Gasteiger partial charge < -0.3 is 10.2 Å². The van der Waals surface area contributed by atoms with Gasteiger partial charge in [0, 0.05) is 5.02 Å². The fourth-order valence-electron chi connectivity index (χ4n) is 3.02. The Morgan fingerprint density at radius 3 is 2.35 bits per heavy atom. The smallest absolute Gasteiger partial charge is 0.306 e. The Morgan fingerprint density at radius 2 is 1.80 bits per heavy atom. The van der Waals surface area contributed by atoms with E-state index in [1.54, 1.807) is 12.1 Å². The lowest BCUT2D eigenvalue weighted by Gasteiger charge is -2.34. The van der Waals surface area contributed by atoms with Gasteiger partial charge in [-0.25, -0.2) is 0 Å². The molecule has 0 spiro atoms. The molecule has 1 aromatic rings. The molecule has 0 amide bonds. The number of aliphatic hydroxyl groups is 1. The summed E-state index contributed by atoms with van der Waals surface area (Å²) < 4.78 is 0. The number of carboxylic acids is 1. The maximum atomic E-state index is 11.4. The van der Waals surface area contributed by atoms with Gasteiger partial charge in [0.1, 0.15) is 0 Å². The lowest BCUT2D eigenvalue weighted by Crippen LogP contribution is -2.36. The fraction of sp³-hybridized carbons (Fsp3) is 0.562. The van der Waals surface area contributed by atoms with Crippen LogP contribution >= 0.6 is 11.6 Å². The number of aliphatic carboxylic acids is 1. The number of carboxylic acid groups (broad SMARTS) is 1. The normalized spacial score (nSPS) is 19.5. The van der Waals surface area contributed by atoms with Crippen LogP contribution in [0.3, 0.4) is 0 Å². The van der Waals surface area contributed by atoms with E-state index in [1.165, 1.54) is 0 Å². The summed E-state index contributed by atoms with van der Waals surface area (Å²) in [5.41, 5.74) is 0.148. The van der Waals surface area contributed by atoms with Crippen molar-refractivity contribution in [3.05, 3.63) is 34.9 Å². The number of carbonyl (C=O) groups is 1. The van der Waals surface area contributed by atoms with Crippen molar-refractivity contribution in [3.8, 4) is 0 Å². The molecule has 1 saturated carbocycles. The van der Waals surface area contributed by atoms with Gasteiger partial charge in [-0.15, -0.1) is 0 Å². The summed E-state index contributed by atoms with van der Waals surface area (Å²) in [5.74, 6) is -1.38. The van der Waals surface area contributed by atoms with E-state index in [0.717, 1.165) is 37.7 Å². The van der Waals surface area contributed by atoms with E-state index in [2.05, 4.69) is 0 Å². The Morgan fingerprint density at radius 1 is 1.20 bits per heavy atom. The maximum absolute atomic E-state index is 11.4. The molecule has 1 aliphatic rings. The highest BCUT2D eigenvalue weighted by molar-refractivity contribution is 6.30. The lowest BCUT2D eigenvalue weighted by atomic mass is 9.77. The minimum Gasteiger partial charge on any atom is -0.481 e. The van der Waals surface area contributed by atoms with Crippen LogP contribution in [0, 0.1) is 5.92 Å². The van der Waals surface area contributed by atoms with Crippen LogP contribution in [0.5, 0.6) is 0 Å². The quantitative estimate of drug-likeness (QED) is 0.871. The molecule has 1 aromatic carbocycles. The summed E-state index contributed by atoms with van der Waals surface area (Å²) in [4.78, 5) is 11.4. The van der Waals surface area contributed by atoms with Crippen molar-refractivity contribution < 1.29 is 15.0 Å². The van der Waals surface area contributed by atoms with Crippen LogP contribution in [0.4, 0.5) is 0 Å². The van der Waals surface area contributed by atoms with Crippen molar-refractivity contribution in [2.75, 3.05) is 0 Å². The zero-order valence-electron chi connectivity index (χ0n) is 11.5. The van der Waals surface area contributed by atoms with Gasteiger partial charge in [-0.2, -0.15) is 0 Å². The van der Waals surface area contributed by atoms with Gasteiger partial charge >= 0.3 is 5.97 Å². The van der Waals surface area contributed by atoms with E-state index in [-0.39, 0.29) is 0 Å². The van der Waals surface area contributed by atoms with Crippen LogP contribution in [-0.2, 0) is 11.2 Å². The summed E-state index contributed by atoms with van der Waals surface area (Å²) in [5, 5.41) is 20.6. The molecule has 0 aliphatic heterocycles. The molecule has 110 valence electrons. The van der Waals surface area contributed by atoms with Gasteiger partial charge in [0.05, 0.1) is 11.5 Å². The molecular weight excluding hydrogens is 276 g/mol. The second-order valence-electron chi connectivity index (χ2n) is 5.85. The van der Waals surface area contributed by atoms with Gasteiger partial charge in [-0.1, -0.05) is 43.0 Å². The number of rotatable bonds is 5. The number of benzene rings is 1. The van der Waals surface area contributed by atoms with E-state index < -0.39 is 17.5 Å². The summed E-state index contributed by atoms with van der Waals surface area (Å²) in [6.07, 6.45) is 5.33. The predicted octanol–water partition coefficient (Wildman–Crippen LogP) is 3.67. The van der Waals surface area contributed by atoms with Crippen molar-refractivity contribution >= 4 is 17.6 Å². The Hall–Kier alpha value is -1.06. The van der Waals surface area contributed by atoms with Gasteiger partial charge in [0.15, 0.2) is 0 Å². The highest BCUT2D eigenvalue weighted by atomic mass is 35.5. The van der Waals surface area contributed by atoms with Crippen LogP contribution in [0.15, 0.2) is 24.3 Å². The molecule has 1 atom stereocenters. The van der Waals surface area contributed by atoms with Gasteiger partial charge in [-0.05, 0) is 43.4 Å². The van der Waals surface area contributed by atoms with Gasteiger partial charge in [-0.3, -0.25) is 4.79 Å². The van der Waals surface area contributed by atoms with Crippen molar-refractivity contribution in [3.63, 3.8) is 0 Å². The van der Waals surface area contributed by atoms with Crippen LogP contribution in [0.1, 0.15) is 44.1 Å². The zero-order chi connectivity index (χ0) is 14.6. The van der Waals surface area contributed by atoms with Crippen molar-refractivity contribution in [1.82, 2.24) is 0 Å². The highest BCUT2D eigenvalue weighted by Crippen LogP contribution is 2.34. The number of hydrogen-bond acceptors (Lipinski definition) is 2. The zero-order valence-corrected chi connectivity index (χ0v) is 12.3. The summed E-state index contributed by atoms with van der Waals surface area (Å²) >= 11 is 5.83. The number of hydrogen-bond donors (Lipinski definition) is 2. The van der Waals surface area contributed by atoms with Crippen LogP contribution in [-0.4, -0.2) is 21.8 Å². The third kappa shape index (κ3) is 4.22. The maximum Gasteiger partial charge on any atom is 0.306 e. The Balaban J connectivity index is 2.03. The molecule has 1 fully saturated rings. The molecule has 0 aromatic heterocycles. The summed E-state index contributed by atoms with van der Waals surface area (Å²) in [7, 11) is 0. The molecule has 0 saturated heterocycles. The van der Waals surface area contributed by atoms with E-state index in [0.29, 0.717) is 17.9 Å². The minimum absolute atomic E-state index is 0.338.